The summed E-state index contributed by atoms with van der Waals surface area (Å²) in [6.45, 7) is 12.6. The number of aliphatic hydroxyl groups is 1. The SMILES string of the molecule is CC(C)CCC[C@@H](C)[C@H]1CC[C@H]2[C@@H]3CC4O[C@]45C[C@@H](O)CC[C@]5(C)[C@H]3CC[C@]12C. The summed E-state index contributed by atoms with van der Waals surface area (Å²) in [7, 11) is 0. The largest absolute Gasteiger partial charge is 0.393 e. The van der Waals surface area contributed by atoms with E-state index in [0.29, 0.717) is 16.9 Å². The van der Waals surface area contributed by atoms with E-state index in [9.17, 15) is 5.11 Å². The lowest BCUT2D eigenvalue weighted by atomic mass is 9.44. The Labute approximate surface area is 179 Å². The zero-order valence-electron chi connectivity index (χ0n) is 19.8. The van der Waals surface area contributed by atoms with Crippen LogP contribution < -0.4 is 0 Å². The third kappa shape index (κ3) is 2.94. The van der Waals surface area contributed by atoms with Gasteiger partial charge < -0.3 is 9.84 Å². The van der Waals surface area contributed by atoms with Crippen molar-refractivity contribution >= 4 is 0 Å². The van der Waals surface area contributed by atoms with Crippen LogP contribution in [0.4, 0.5) is 0 Å². The molecule has 5 fully saturated rings. The molecule has 4 aliphatic carbocycles. The Morgan fingerprint density at radius 1 is 0.966 bits per heavy atom. The maximum atomic E-state index is 10.4. The van der Waals surface area contributed by atoms with Crippen molar-refractivity contribution in [2.45, 2.75) is 123 Å². The first-order valence-electron chi connectivity index (χ1n) is 13.1. The van der Waals surface area contributed by atoms with Crippen LogP contribution in [0.15, 0.2) is 0 Å². The molecule has 0 radical (unpaired) electrons. The summed E-state index contributed by atoms with van der Waals surface area (Å²) in [5.74, 6) is 5.31. The normalized spacial score (nSPS) is 54.3. The predicted molar refractivity (Wildman–Crippen MR) is 119 cm³/mol. The Morgan fingerprint density at radius 2 is 1.76 bits per heavy atom. The smallest absolute Gasteiger partial charge is 0.103 e. The van der Waals surface area contributed by atoms with Gasteiger partial charge in [-0.1, -0.05) is 53.9 Å². The summed E-state index contributed by atoms with van der Waals surface area (Å²) in [6.07, 6.45) is 14.8. The minimum Gasteiger partial charge on any atom is -0.393 e. The third-order valence-corrected chi connectivity index (χ3v) is 11.3. The van der Waals surface area contributed by atoms with Gasteiger partial charge in [0.25, 0.3) is 0 Å². The van der Waals surface area contributed by atoms with E-state index in [1.807, 2.05) is 0 Å². The first kappa shape index (κ1) is 20.8. The molecular weight excluding hydrogens is 356 g/mol. The zero-order valence-corrected chi connectivity index (χ0v) is 19.8. The number of rotatable bonds is 5. The maximum absolute atomic E-state index is 10.4. The Kier molecular flexibility index (Phi) is 4.99. The van der Waals surface area contributed by atoms with Crippen molar-refractivity contribution in [3.63, 3.8) is 0 Å². The van der Waals surface area contributed by atoms with Crippen LogP contribution >= 0.6 is 0 Å². The van der Waals surface area contributed by atoms with Crippen molar-refractivity contribution in [1.82, 2.24) is 0 Å². The molecule has 1 spiro atoms. The lowest BCUT2D eigenvalue weighted by Crippen LogP contribution is -2.58. The van der Waals surface area contributed by atoms with Crippen LogP contribution in [-0.4, -0.2) is 22.9 Å². The fourth-order valence-electron chi connectivity index (χ4n) is 9.68. The van der Waals surface area contributed by atoms with Gasteiger partial charge in [-0.3, -0.25) is 0 Å². The molecule has 5 rings (SSSR count). The first-order chi connectivity index (χ1) is 13.7. The van der Waals surface area contributed by atoms with E-state index < -0.39 is 0 Å². The van der Waals surface area contributed by atoms with Crippen molar-refractivity contribution in [2.24, 2.45) is 46.3 Å². The molecule has 2 heteroatoms. The molecule has 0 aromatic carbocycles. The number of fused-ring (bicyclic) bond motifs is 4. The molecule has 1 unspecified atom stereocenters. The number of aliphatic hydroxyl groups excluding tert-OH is 1. The van der Waals surface area contributed by atoms with Gasteiger partial charge in [-0.05, 0) is 85.9 Å². The van der Waals surface area contributed by atoms with Gasteiger partial charge >= 0.3 is 0 Å². The highest BCUT2D eigenvalue weighted by atomic mass is 16.6. The molecular formula is C27H46O2. The molecule has 2 nitrogen and oxygen atoms in total. The van der Waals surface area contributed by atoms with E-state index in [4.69, 9.17) is 4.74 Å². The molecule has 4 saturated carbocycles. The first-order valence-corrected chi connectivity index (χ1v) is 13.1. The number of ether oxygens (including phenoxy) is 1. The summed E-state index contributed by atoms with van der Waals surface area (Å²) in [6, 6.07) is 0. The molecule has 5 aliphatic rings. The molecule has 0 aromatic heterocycles. The molecule has 1 aliphatic heterocycles. The predicted octanol–water partition coefficient (Wildman–Crippen LogP) is 6.60. The van der Waals surface area contributed by atoms with Crippen LogP contribution in [0.1, 0.15) is 105 Å². The van der Waals surface area contributed by atoms with E-state index in [-0.39, 0.29) is 11.7 Å². The molecule has 29 heavy (non-hydrogen) atoms. The monoisotopic (exact) mass is 402 g/mol. The van der Waals surface area contributed by atoms with Crippen LogP contribution in [0.3, 0.4) is 0 Å². The fourth-order valence-corrected chi connectivity index (χ4v) is 9.68. The summed E-state index contributed by atoms with van der Waals surface area (Å²) in [4.78, 5) is 0. The molecule has 0 aromatic rings. The lowest BCUT2D eigenvalue weighted by molar-refractivity contribution is -0.116. The van der Waals surface area contributed by atoms with Crippen LogP contribution in [0.5, 0.6) is 0 Å². The molecule has 1 N–H and O–H groups in total. The van der Waals surface area contributed by atoms with Crippen LogP contribution in [0.2, 0.25) is 0 Å². The minimum atomic E-state index is -0.124. The molecule has 166 valence electrons. The Morgan fingerprint density at radius 3 is 2.52 bits per heavy atom. The van der Waals surface area contributed by atoms with Crippen molar-refractivity contribution in [2.75, 3.05) is 0 Å². The lowest BCUT2D eigenvalue weighted by Gasteiger charge is -2.59. The topological polar surface area (TPSA) is 32.8 Å². The highest BCUT2D eigenvalue weighted by Crippen LogP contribution is 2.74. The summed E-state index contributed by atoms with van der Waals surface area (Å²) in [5.41, 5.74) is 0.932. The van der Waals surface area contributed by atoms with Crippen LogP contribution in [0, 0.1) is 46.3 Å². The van der Waals surface area contributed by atoms with Crippen LogP contribution in [-0.2, 0) is 4.74 Å². The number of hydrogen-bond donors (Lipinski definition) is 1. The minimum absolute atomic E-state index is 0.0434. The van der Waals surface area contributed by atoms with Gasteiger partial charge in [-0.25, -0.2) is 0 Å². The molecule has 1 saturated heterocycles. The molecule has 0 bridgehead atoms. The van der Waals surface area contributed by atoms with Gasteiger partial charge in [0.15, 0.2) is 0 Å². The van der Waals surface area contributed by atoms with Gasteiger partial charge in [-0.2, -0.15) is 0 Å². The van der Waals surface area contributed by atoms with E-state index in [2.05, 4.69) is 34.6 Å². The zero-order chi connectivity index (χ0) is 20.6. The summed E-state index contributed by atoms with van der Waals surface area (Å²) < 4.78 is 6.51. The third-order valence-electron chi connectivity index (χ3n) is 11.3. The molecule has 10 atom stereocenters. The van der Waals surface area contributed by atoms with E-state index in [0.717, 1.165) is 48.3 Å². The Bertz CT molecular complexity index is 630. The van der Waals surface area contributed by atoms with E-state index >= 15 is 0 Å². The number of hydrogen-bond acceptors (Lipinski definition) is 2. The fraction of sp³-hybridized carbons (Fsp3) is 1.00. The molecule has 1 heterocycles. The van der Waals surface area contributed by atoms with Gasteiger partial charge in [-0.15, -0.1) is 0 Å². The summed E-state index contributed by atoms with van der Waals surface area (Å²) in [5, 5.41) is 10.4. The quantitative estimate of drug-likeness (QED) is 0.525. The van der Waals surface area contributed by atoms with Crippen molar-refractivity contribution in [3.05, 3.63) is 0 Å². The Hall–Kier alpha value is -0.0800. The second-order valence-corrected chi connectivity index (χ2v) is 13.0. The molecule has 0 amide bonds. The average Bonchev–Trinajstić information content (AvgIpc) is 3.22. The summed E-state index contributed by atoms with van der Waals surface area (Å²) >= 11 is 0. The number of epoxide rings is 1. The van der Waals surface area contributed by atoms with Gasteiger partial charge in [0.05, 0.1) is 12.2 Å². The Balaban J connectivity index is 1.33. The average molecular weight is 403 g/mol. The van der Waals surface area contributed by atoms with E-state index in [1.165, 1.54) is 57.8 Å². The van der Waals surface area contributed by atoms with Crippen molar-refractivity contribution in [1.29, 1.82) is 0 Å². The maximum Gasteiger partial charge on any atom is 0.103 e. The van der Waals surface area contributed by atoms with Crippen LogP contribution in [0.25, 0.3) is 0 Å². The van der Waals surface area contributed by atoms with Gasteiger partial charge in [0, 0.05) is 11.8 Å². The highest BCUT2D eigenvalue weighted by Gasteiger charge is 2.76. The van der Waals surface area contributed by atoms with Crippen molar-refractivity contribution < 1.29 is 9.84 Å². The standard InChI is InChI=1S/C27H46O2/c1-17(2)7-6-8-18(3)21-9-10-22-20-15-24-27(29-24)16-19(28)11-14-26(27,5)23(20)12-13-25(21,22)4/h17-24,28H,6-16H2,1-5H3/t18-,19+,20+,21-,22+,23+,24?,25-,26-,27-/m1/s1. The second kappa shape index (κ2) is 6.96. The van der Waals surface area contributed by atoms with Gasteiger partial charge in [0.1, 0.15) is 5.60 Å². The van der Waals surface area contributed by atoms with E-state index in [1.54, 1.807) is 0 Å². The highest BCUT2D eigenvalue weighted by molar-refractivity contribution is 5.24. The second-order valence-electron chi connectivity index (χ2n) is 13.0. The van der Waals surface area contributed by atoms with Crippen molar-refractivity contribution in [3.8, 4) is 0 Å². The van der Waals surface area contributed by atoms with Gasteiger partial charge in [0.2, 0.25) is 0 Å².